The summed E-state index contributed by atoms with van der Waals surface area (Å²) in [6, 6.07) is 0. The summed E-state index contributed by atoms with van der Waals surface area (Å²) in [7, 11) is 0. The van der Waals surface area contributed by atoms with Gasteiger partial charge in [0, 0.05) is 11.8 Å². The van der Waals surface area contributed by atoms with Crippen molar-refractivity contribution in [2.45, 2.75) is 38.6 Å². The lowest BCUT2D eigenvalue weighted by molar-refractivity contribution is -0.161. The molecule has 2 bridgehead atoms. The first-order chi connectivity index (χ1) is 6.97. The minimum absolute atomic E-state index is 0.0125. The summed E-state index contributed by atoms with van der Waals surface area (Å²) in [5, 5.41) is 9.23. The molecular weight excluding hydrogens is 194 g/mol. The van der Waals surface area contributed by atoms with E-state index in [2.05, 4.69) is 0 Å². The molecule has 2 rings (SSSR count). The second-order valence-corrected chi connectivity index (χ2v) is 5.19. The van der Waals surface area contributed by atoms with E-state index in [-0.39, 0.29) is 30.3 Å². The third-order valence-electron chi connectivity index (χ3n) is 3.56. The molecule has 0 radical (unpaired) electrons. The van der Waals surface area contributed by atoms with Gasteiger partial charge in [0.2, 0.25) is 11.8 Å². The second kappa shape index (κ2) is 3.30. The zero-order chi connectivity index (χ0) is 11.2. The van der Waals surface area contributed by atoms with Crippen LogP contribution in [0.1, 0.15) is 33.1 Å². The maximum atomic E-state index is 12.0. The lowest BCUT2D eigenvalue weighted by Crippen LogP contribution is -2.58. The zero-order valence-electron chi connectivity index (χ0n) is 9.19. The van der Waals surface area contributed by atoms with Gasteiger partial charge < -0.3 is 5.11 Å². The molecule has 4 heteroatoms. The van der Waals surface area contributed by atoms with E-state index < -0.39 is 5.54 Å². The molecule has 2 atom stereocenters. The number of hydrogen-bond acceptors (Lipinski definition) is 3. The van der Waals surface area contributed by atoms with E-state index in [0.717, 1.165) is 19.3 Å². The molecule has 0 aromatic heterocycles. The number of piperidine rings is 1. The van der Waals surface area contributed by atoms with Crippen LogP contribution in [0.5, 0.6) is 0 Å². The number of carbonyl (C=O) groups excluding carboxylic acids is 2. The SMILES string of the molecule is CC(C)(CO)N1C(=O)C2CCC(C2)C1=O. The Morgan fingerprint density at radius 3 is 2.13 bits per heavy atom. The molecule has 2 amide bonds. The number of fused-ring (bicyclic) bond motifs is 2. The van der Waals surface area contributed by atoms with Crippen molar-refractivity contribution in [2.24, 2.45) is 11.8 Å². The van der Waals surface area contributed by atoms with Crippen LogP contribution in [0.2, 0.25) is 0 Å². The normalized spacial score (nSPS) is 31.3. The Hall–Kier alpha value is -0.900. The predicted molar refractivity (Wildman–Crippen MR) is 53.8 cm³/mol. The smallest absolute Gasteiger partial charge is 0.232 e. The minimum atomic E-state index is -0.755. The first kappa shape index (κ1) is 10.6. The van der Waals surface area contributed by atoms with Crippen molar-refractivity contribution >= 4 is 11.8 Å². The van der Waals surface area contributed by atoms with Crippen molar-refractivity contribution in [1.82, 2.24) is 4.90 Å². The van der Waals surface area contributed by atoms with Crippen LogP contribution in [0, 0.1) is 11.8 Å². The molecule has 1 saturated carbocycles. The maximum absolute atomic E-state index is 12.0. The fourth-order valence-electron chi connectivity index (χ4n) is 2.57. The molecule has 2 fully saturated rings. The number of hydrogen-bond donors (Lipinski definition) is 1. The summed E-state index contributed by atoms with van der Waals surface area (Å²) >= 11 is 0. The summed E-state index contributed by atoms with van der Waals surface area (Å²) in [4.78, 5) is 25.3. The van der Waals surface area contributed by atoms with Gasteiger partial charge in [-0.3, -0.25) is 14.5 Å². The van der Waals surface area contributed by atoms with Crippen LogP contribution in [0.15, 0.2) is 0 Å². The van der Waals surface area contributed by atoms with Crippen molar-refractivity contribution in [2.75, 3.05) is 6.61 Å². The fraction of sp³-hybridized carbons (Fsp3) is 0.818. The second-order valence-electron chi connectivity index (χ2n) is 5.19. The topological polar surface area (TPSA) is 57.6 Å². The lowest BCUT2D eigenvalue weighted by Gasteiger charge is -2.40. The number of carbonyl (C=O) groups is 2. The van der Waals surface area contributed by atoms with Gasteiger partial charge >= 0.3 is 0 Å². The molecule has 0 aromatic rings. The minimum Gasteiger partial charge on any atom is -0.394 e. The molecule has 1 heterocycles. The Balaban J connectivity index is 2.31. The molecule has 4 nitrogen and oxygen atoms in total. The molecule has 2 aliphatic rings. The number of amides is 2. The van der Waals surface area contributed by atoms with E-state index >= 15 is 0 Å². The van der Waals surface area contributed by atoms with Gasteiger partial charge in [-0.2, -0.15) is 0 Å². The standard InChI is InChI=1S/C11H17NO3/c1-11(2,6-13)12-9(14)7-3-4-8(5-7)10(12)15/h7-8,13H,3-6H2,1-2H3. The van der Waals surface area contributed by atoms with Gasteiger partial charge in [-0.05, 0) is 33.1 Å². The fourth-order valence-corrected chi connectivity index (χ4v) is 2.57. The van der Waals surface area contributed by atoms with Crippen molar-refractivity contribution in [3.8, 4) is 0 Å². The van der Waals surface area contributed by atoms with Gasteiger partial charge in [-0.1, -0.05) is 0 Å². The van der Waals surface area contributed by atoms with E-state index in [9.17, 15) is 14.7 Å². The lowest BCUT2D eigenvalue weighted by atomic mass is 9.91. The Morgan fingerprint density at radius 1 is 1.27 bits per heavy atom. The van der Waals surface area contributed by atoms with Crippen molar-refractivity contribution in [3.05, 3.63) is 0 Å². The van der Waals surface area contributed by atoms with Crippen molar-refractivity contribution < 1.29 is 14.7 Å². The Kier molecular flexibility index (Phi) is 2.34. The van der Waals surface area contributed by atoms with E-state index in [1.807, 2.05) is 0 Å². The Labute approximate surface area is 89.3 Å². The average Bonchev–Trinajstić information content (AvgIpc) is 2.61. The molecule has 84 valence electrons. The van der Waals surface area contributed by atoms with Gasteiger partial charge in [0.15, 0.2) is 0 Å². The highest BCUT2D eigenvalue weighted by atomic mass is 16.3. The van der Waals surface area contributed by atoms with Gasteiger partial charge in [0.05, 0.1) is 12.1 Å². The van der Waals surface area contributed by atoms with Gasteiger partial charge in [-0.25, -0.2) is 0 Å². The summed E-state index contributed by atoms with van der Waals surface area (Å²) < 4.78 is 0. The first-order valence-electron chi connectivity index (χ1n) is 5.46. The number of aliphatic hydroxyl groups excluding tert-OH is 1. The number of imide groups is 1. The monoisotopic (exact) mass is 211 g/mol. The van der Waals surface area contributed by atoms with Crippen LogP contribution in [0.25, 0.3) is 0 Å². The molecule has 0 spiro atoms. The van der Waals surface area contributed by atoms with E-state index in [1.165, 1.54) is 4.90 Å². The Bertz CT molecular complexity index is 289. The molecular formula is C11H17NO3. The molecule has 1 aliphatic heterocycles. The molecule has 0 aromatic carbocycles. The van der Waals surface area contributed by atoms with E-state index in [4.69, 9.17) is 0 Å². The third-order valence-corrected chi connectivity index (χ3v) is 3.56. The Morgan fingerprint density at radius 2 is 1.73 bits per heavy atom. The average molecular weight is 211 g/mol. The van der Waals surface area contributed by atoms with Crippen LogP contribution in [0.3, 0.4) is 0 Å². The van der Waals surface area contributed by atoms with Gasteiger partial charge in [0.25, 0.3) is 0 Å². The maximum Gasteiger partial charge on any atom is 0.232 e. The van der Waals surface area contributed by atoms with E-state index in [1.54, 1.807) is 13.8 Å². The predicted octanol–water partition coefficient (Wildman–Crippen LogP) is 0.542. The third kappa shape index (κ3) is 1.47. The highest BCUT2D eigenvalue weighted by molar-refractivity contribution is 6.01. The van der Waals surface area contributed by atoms with E-state index in [0.29, 0.717) is 0 Å². The van der Waals surface area contributed by atoms with Crippen molar-refractivity contribution in [3.63, 3.8) is 0 Å². The number of nitrogens with zero attached hydrogens (tertiary/aromatic N) is 1. The summed E-state index contributed by atoms with van der Waals surface area (Å²) in [5.74, 6) is -0.155. The molecule has 1 N–H and O–H groups in total. The van der Waals surface area contributed by atoms with Crippen LogP contribution in [-0.4, -0.2) is 34.0 Å². The highest BCUT2D eigenvalue weighted by Crippen LogP contribution is 2.40. The number of likely N-dealkylation sites (tertiary alicyclic amines) is 1. The molecule has 1 aliphatic carbocycles. The number of rotatable bonds is 2. The quantitative estimate of drug-likeness (QED) is 0.678. The van der Waals surface area contributed by atoms with Crippen molar-refractivity contribution in [1.29, 1.82) is 0 Å². The summed E-state index contributed by atoms with van der Waals surface area (Å²) in [6.07, 6.45) is 2.37. The molecule has 1 saturated heterocycles. The largest absolute Gasteiger partial charge is 0.394 e. The molecule has 15 heavy (non-hydrogen) atoms. The van der Waals surface area contributed by atoms with Crippen LogP contribution >= 0.6 is 0 Å². The van der Waals surface area contributed by atoms with Crippen LogP contribution in [-0.2, 0) is 9.59 Å². The summed E-state index contributed by atoms with van der Waals surface area (Å²) in [6.45, 7) is 3.28. The van der Waals surface area contributed by atoms with Gasteiger partial charge in [-0.15, -0.1) is 0 Å². The number of aliphatic hydroxyl groups is 1. The van der Waals surface area contributed by atoms with Gasteiger partial charge in [0.1, 0.15) is 0 Å². The van der Waals surface area contributed by atoms with Crippen LogP contribution in [0.4, 0.5) is 0 Å². The molecule has 2 unspecified atom stereocenters. The van der Waals surface area contributed by atoms with Crippen LogP contribution < -0.4 is 0 Å². The zero-order valence-corrected chi connectivity index (χ0v) is 9.19. The first-order valence-corrected chi connectivity index (χ1v) is 5.46. The highest BCUT2D eigenvalue weighted by Gasteiger charge is 2.49. The summed E-state index contributed by atoms with van der Waals surface area (Å²) in [5.41, 5.74) is -0.755.